The lowest BCUT2D eigenvalue weighted by Gasteiger charge is -2.19. The Morgan fingerprint density at radius 2 is 2.00 bits per heavy atom. The molecular weight excluding hydrogens is 320 g/mol. The first kappa shape index (κ1) is 14.7. The van der Waals surface area contributed by atoms with E-state index in [2.05, 4.69) is 59.1 Å². The second-order valence-electron chi connectivity index (χ2n) is 4.75. The first-order chi connectivity index (χ1) is 9.11. The number of benzene rings is 1. The molecule has 19 heavy (non-hydrogen) atoms. The van der Waals surface area contributed by atoms with Crippen molar-refractivity contribution in [2.45, 2.75) is 33.2 Å². The van der Waals surface area contributed by atoms with E-state index in [0.717, 1.165) is 13.0 Å². The summed E-state index contributed by atoms with van der Waals surface area (Å²) in [7, 11) is 0. The molecule has 0 fully saturated rings. The number of nitrogens with zero attached hydrogens (tertiary/aromatic N) is 1. The molecule has 2 aromatic rings. The highest BCUT2D eigenvalue weighted by Gasteiger charge is 2.14. The maximum atomic E-state index is 4.16. The Hall–Kier alpha value is -0.710. The SMILES string of the molecule is CCNC(Cc1cncs1)c1cc(C)c(Br)c(C)c1. The molecule has 0 amide bonds. The molecule has 0 spiro atoms. The highest BCUT2D eigenvalue weighted by Crippen LogP contribution is 2.27. The smallest absolute Gasteiger partial charge is 0.0794 e. The van der Waals surface area contributed by atoms with Crippen molar-refractivity contribution < 1.29 is 0 Å². The van der Waals surface area contributed by atoms with Gasteiger partial charge in [-0.2, -0.15) is 0 Å². The maximum absolute atomic E-state index is 4.16. The molecule has 1 heterocycles. The Bertz CT molecular complexity index is 514. The largest absolute Gasteiger partial charge is 0.310 e. The van der Waals surface area contributed by atoms with E-state index in [-0.39, 0.29) is 0 Å². The van der Waals surface area contributed by atoms with Gasteiger partial charge in [-0.1, -0.05) is 35.0 Å². The van der Waals surface area contributed by atoms with Gasteiger partial charge in [0.1, 0.15) is 0 Å². The minimum Gasteiger partial charge on any atom is -0.310 e. The molecule has 0 radical (unpaired) electrons. The Morgan fingerprint density at radius 3 is 2.53 bits per heavy atom. The summed E-state index contributed by atoms with van der Waals surface area (Å²) in [6, 6.07) is 4.90. The second-order valence-corrected chi connectivity index (χ2v) is 6.51. The minimum atomic E-state index is 0.357. The highest BCUT2D eigenvalue weighted by molar-refractivity contribution is 9.10. The summed E-state index contributed by atoms with van der Waals surface area (Å²) in [6.45, 7) is 7.42. The van der Waals surface area contributed by atoms with Crippen LogP contribution in [0.2, 0.25) is 0 Å². The molecule has 1 atom stereocenters. The molecule has 2 rings (SSSR count). The van der Waals surface area contributed by atoms with Gasteiger partial charge in [-0.05, 0) is 37.1 Å². The van der Waals surface area contributed by atoms with Crippen molar-refractivity contribution in [3.8, 4) is 0 Å². The third kappa shape index (κ3) is 3.65. The lowest BCUT2D eigenvalue weighted by atomic mass is 9.98. The first-order valence-electron chi connectivity index (χ1n) is 6.49. The van der Waals surface area contributed by atoms with E-state index in [1.807, 2.05) is 11.7 Å². The zero-order valence-corrected chi connectivity index (χ0v) is 13.9. The summed E-state index contributed by atoms with van der Waals surface area (Å²) < 4.78 is 1.21. The van der Waals surface area contributed by atoms with Gasteiger partial charge in [-0.15, -0.1) is 11.3 Å². The van der Waals surface area contributed by atoms with E-state index in [1.165, 1.54) is 26.0 Å². The molecule has 0 saturated carbocycles. The normalized spacial score (nSPS) is 12.6. The van der Waals surface area contributed by atoms with Gasteiger partial charge in [0.25, 0.3) is 0 Å². The summed E-state index contributed by atoms with van der Waals surface area (Å²) in [4.78, 5) is 5.48. The van der Waals surface area contributed by atoms with Gasteiger partial charge in [0.2, 0.25) is 0 Å². The van der Waals surface area contributed by atoms with Crippen molar-refractivity contribution >= 4 is 27.3 Å². The van der Waals surface area contributed by atoms with Crippen LogP contribution in [0.5, 0.6) is 0 Å². The fraction of sp³-hybridized carbons (Fsp3) is 0.400. The number of thiazole rings is 1. The van der Waals surface area contributed by atoms with Crippen LogP contribution in [-0.4, -0.2) is 11.5 Å². The van der Waals surface area contributed by atoms with Crippen LogP contribution in [0.15, 0.2) is 28.3 Å². The van der Waals surface area contributed by atoms with Crippen molar-refractivity contribution in [3.63, 3.8) is 0 Å². The predicted octanol–water partition coefficient (Wildman–Crippen LogP) is 4.42. The van der Waals surface area contributed by atoms with Crippen molar-refractivity contribution in [3.05, 3.63) is 49.9 Å². The molecule has 2 nitrogen and oxygen atoms in total. The van der Waals surface area contributed by atoms with Gasteiger partial charge in [0.05, 0.1) is 5.51 Å². The van der Waals surface area contributed by atoms with Gasteiger partial charge in [-0.3, -0.25) is 4.98 Å². The Kier molecular flexibility index (Phi) is 5.13. The van der Waals surface area contributed by atoms with E-state index in [0.29, 0.717) is 6.04 Å². The second kappa shape index (κ2) is 6.64. The number of rotatable bonds is 5. The van der Waals surface area contributed by atoms with E-state index >= 15 is 0 Å². The van der Waals surface area contributed by atoms with Crippen LogP contribution in [0.25, 0.3) is 0 Å². The molecule has 102 valence electrons. The number of halogens is 1. The molecular formula is C15H19BrN2S. The molecule has 1 unspecified atom stereocenters. The average Bonchev–Trinajstić information content (AvgIpc) is 2.88. The van der Waals surface area contributed by atoms with Crippen LogP contribution < -0.4 is 5.32 Å². The average molecular weight is 339 g/mol. The van der Waals surface area contributed by atoms with E-state index in [9.17, 15) is 0 Å². The van der Waals surface area contributed by atoms with Crippen molar-refractivity contribution in [1.29, 1.82) is 0 Å². The zero-order valence-electron chi connectivity index (χ0n) is 11.5. The monoisotopic (exact) mass is 338 g/mol. The van der Waals surface area contributed by atoms with Gasteiger partial charge >= 0.3 is 0 Å². The fourth-order valence-electron chi connectivity index (χ4n) is 2.28. The van der Waals surface area contributed by atoms with Crippen LogP contribution in [0.1, 0.15) is 34.5 Å². The molecule has 0 saturated heterocycles. The fourth-order valence-corrected chi connectivity index (χ4v) is 3.15. The molecule has 1 N–H and O–H groups in total. The van der Waals surface area contributed by atoms with Crippen LogP contribution >= 0.6 is 27.3 Å². The molecule has 0 aliphatic rings. The van der Waals surface area contributed by atoms with E-state index < -0.39 is 0 Å². The molecule has 1 aromatic carbocycles. The highest BCUT2D eigenvalue weighted by atomic mass is 79.9. The van der Waals surface area contributed by atoms with Crippen LogP contribution in [0.4, 0.5) is 0 Å². The molecule has 4 heteroatoms. The summed E-state index contributed by atoms with van der Waals surface area (Å²) in [5.41, 5.74) is 5.84. The van der Waals surface area contributed by atoms with Gasteiger partial charge in [0.15, 0.2) is 0 Å². The molecule has 1 aromatic heterocycles. The summed E-state index contributed by atoms with van der Waals surface area (Å²) >= 11 is 5.36. The van der Waals surface area contributed by atoms with E-state index in [4.69, 9.17) is 0 Å². The van der Waals surface area contributed by atoms with Crippen LogP contribution in [0.3, 0.4) is 0 Å². The van der Waals surface area contributed by atoms with Crippen LogP contribution in [-0.2, 0) is 6.42 Å². The number of likely N-dealkylation sites (N-methyl/N-ethyl adjacent to an activating group) is 1. The van der Waals surface area contributed by atoms with Gasteiger partial charge in [0, 0.05) is 28.0 Å². The topological polar surface area (TPSA) is 24.9 Å². The number of nitrogens with one attached hydrogen (secondary N) is 1. The molecule has 0 bridgehead atoms. The lowest BCUT2D eigenvalue weighted by Crippen LogP contribution is -2.23. The van der Waals surface area contributed by atoms with Crippen molar-refractivity contribution in [2.75, 3.05) is 6.54 Å². The molecule has 0 aliphatic heterocycles. The molecule has 0 aliphatic carbocycles. The minimum absolute atomic E-state index is 0.357. The van der Waals surface area contributed by atoms with Crippen molar-refractivity contribution in [1.82, 2.24) is 10.3 Å². The van der Waals surface area contributed by atoms with Crippen LogP contribution in [0, 0.1) is 13.8 Å². The van der Waals surface area contributed by atoms with Gasteiger partial charge < -0.3 is 5.32 Å². The Labute approximate surface area is 127 Å². The number of hydrogen-bond donors (Lipinski definition) is 1. The van der Waals surface area contributed by atoms with Crippen molar-refractivity contribution in [2.24, 2.45) is 0 Å². The van der Waals surface area contributed by atoms with Gasteiger partial charge in [-0.25, -0.2) is 0 Å². The Balaban J connectivity index is 2.28. The van der Waals surface area contributed by atoms with E-state index in [1.54, 1.807) is 11.3 Å². The summed E-state index contributed by atoms with van der Waals surface area (Å²) in [6.07, 6.45) is 2.96. The number of aryl methyl sites for hydroxylation is 2. The predicted molar refractivity (Wildman–Crippen MR) is 85.9 cm³/mol. The third-order valence-electron chi connectivity index (χ3n) is 3.20. The third-order valence-corrected chi connectivity index (χ3v) is 5.25. The lowest BCUT2D eigenvalue weighted by molar-refractivity contribution is 0.552. The number of hydrogen-bond acceptors (Lipinski definition) is 3. The Morgan fingerprint density at radius 1 is 1.32 bits per heavy atom. The zero-order chi connectivity index (χ0) is 13.8. The first-order valence-corrected chi connectivity index (χ1v) is 8.16. The standard InChI is InChI=1S/C15H19BrN2S/c1-4-18-14(7-13-8-17-9-19-13)12-5-10(2)15(16)11(3)6-12/h5-6,8-9,14,18H,4,7H2,1-3H3. The maximum Gasteiger partial charge on any atom is 0.0794 e. The summed E-state index contributed by atoms with van der Waals surface area (Å²) in [5.74, 6) is 0. The number of aromatic nitrogens is 1. The quantitative estimate of drug-likeness (QED) is 0.872. The summed E-state index contributed by atoms with van der Waals surface area (Å²) in [5, 5.41) is 3.57.